The van der Waals surface area contributed by atoms with E-state index in [1.807, 2.05) is 35.2 Å². The van der Waals surface area contributed by atoms with Gasteiger partial charge in [-0.2, -0.15) is 0 Å². The molecule has 24 heavy (non-hydrogen) atoms. The molecular weight excluding hydrogens is 306 g/mol. The minimum absolute atomic E-state index is 0.0145. The van der Waals surface area contributed by atoms with Gasteiger partial charge in [0.25, 0.3) is 0 Å². The maximum absolute atomic E-state index is 13.0. The minimum Gasteiger partial charge on any atom is -0.333 e. The van der Waals surface area contributed by atoms with E-state index in [0.29, 0.717) is 18.9 Å². The Morgan fingerprint density at radius 1 is 1.25 bits per heavy atom. The van der Waals surface area contributed by atoms with Crippen LogP contribution in [0.2, 0.25) is 0 Å². The Kier molecular flexibility index (Phi) is 4.00. The minimum atomic E-state index is -0.670. The number of benzene rings is 1. The molecule has 6 nitrogen and oxygen atoms in total. The fourth-order valence-electron chi connectivity index (χ4n) is 4.32. The van der Waals surface area contributed by atoms with Crippen molar-refractivity contribution in [1.29, 1.82) is 0 Å². The van der Waals surface area contributed by atoms with Gasteiger partial charge in [0.1, 0.15) is 5.92 Å². The predicted molar refractivity (Wildman–Crippen MR) is 88.8 cm³/mol. The summed E-state index contributed by atoms with van der Waals surface area (Å²) in [5, 5.41) is 11.0. The van der Waals surface area contributed by atoms with Crippen LogP contribution in [0.4, 0.5) is 0 Å². The summed E-state index contributed by atoms with van der Waals surface area (Å²) < 4.78 is 0. The first-order chi connectivity index (χ1) is 11.6. The quantitative estimate of drug-likeness (QED) is 0.610. The van der Waals surface area contributed by atoms with Crippen molar-refractivity contribution in [3.05, 3.63) is 46.0 Å². The first-order valence-corrected chi connectivity index (χ1v) is 8.84. The van der Waals surface area contributed by atoms with E-state index in [0.717, 1.165) is 38.0 Å². The number of carbonyl (C=O) groups excluding carboxylic acids is 1. The Balaban J connectivity index is 1.55. The largest absolute Gasteiger partial charge is 0.333 e. The second-order valence-corrected chi connectivity index (χ2v) is 7.35. The third-order valence-electron chi connectivity index (χ3n) is 5.85. The van der Waals surface area contributed by atoms with Crippen molar-refractivity contribution >= 4 is 5.91 Å². The summed E-state index contributed by atoms with van der Waals surface area (Å²) in [6, 6.07) is 9.51. The number of hydrogen-bond donors (Lipinski definition) is 0. The van der Waals surface area contributed by atoms with Gasteiger partial charge in [0.15, 0.2) is 0 Å². The molecule has 4 fully saturated rings. The standard InChI is InChI=1S/C18H23N3O3/c22-18(15-10-16(15)21(23)24)20(11-13-4-2-1-3-5-13)17-12-19-8-6-14(17)7-9-19/h1-5,14-17H,6-12H2/t15-,16-,17-/m1/s1. The Bertz CT molecular complexity index is 628. The van der Waals surface area contributed by atoms with Crippen LogP contribution in [0.25, 0.3) is 0 Å². The monoisotopic (exact) mass is 329 g/mol. The van der Waals surface area contributed by atoms with Crippen LogP contribution in [0.3, 0.4) is 0 Å². The zero-order valence-corrected chi connectivity index (χ0v) is 13.7. The van der Waals surface area contributed by atoms with E-state index in [1.165, 1.54) is 0 Å². The average molecular weight is 329 g/mol. The number of amides is 1. The van der Waals surface area contributed by atoms with Crippen molar-refractivity contribution in [1.82, 2.24) is 9.80 Å². The maximum Gasteiger partial charge on any atom is 0.233 e. The second-order valence-electron chi connectivity index (χ2n) is 7.35. The highest BCUT2D eigenvalue weighted by Crippen LogP contribution is 2.38. The van der Waals surface area contributed by atoms with Crippen molar-refractivity contribution < 1.29 is 9.72 Å². The molecule has 5 rings (SSSR count). The Labute approximate surface area is 141 Å². The zero-order valence-electron chi connectivity index (χ0n) is 13.7. The van der Waals surface area contributed by atoms with Crippen LogP contribution >= 0.6 is 0 Å². The van der Waals surface area contributed by atoms with E-state index in [-0.39, 0.29) is 16.9 Å². The molecule has 3 aliphatic heterocycles. The summed E-state index contributed by atoms with van der Waals surface area (Å²) in [6.07, 6.45) is 2.66. The molecule has 1 aromatic carbocycles. The molecule has 1 aromatic rings. The number of fused-ring (bicyclic) bond motifs is 3. The summed E-state index contributed by atoms with van der Waals surface area (Å²) in [5.74, 6) is 0.105. The Hall–Kier alpha value is -1.95. The molecule has 0 unspecified atom stereocenters. The van der Waals surface area contributed by atoms with Crippen LogP contribution in [0.5, 0.6) is 0 Å². The van der Waals surface area contributed by atoms with Crippen LogP contribution in [0.1, 0.15) is 24.8 Å². The SMILES string of the molecule is O=C([C@@H]1C[C@H]1[N+](=O)[O-])N(Cc1ccccc1)[C@@H]1CN2CCC1CC2. The van der Waals surface area contributed by atoms with Gasteiger partial charge in [0, 0.05) is 30.5 Å². The van der Waals surface area contributed by atoms with Crippen LogP contribution in [0, 0.1) is 22.0 Å². The van der Waals surface area contributed by atoms with Gasteiger partial charge in [0.05, 0.1) is 0 Å². The van der Waals surface area contributed by atoms with Crippen molar-refractivity contribution in [2.75, 3.05) is 19.6 Å². The highest BCUT2D eigenvalue weighted by molar-refractivity contribution is 5.82. The summed E-state index contributed by atoms with van der Waals surface area (Å²) in [4.78, 5) is 28.1. The molecule has 1 amide bonds. The number of rotatable bonds is 5. The molecule has 2 bridgehead atoms. The Morgan fingerprint density at radius 2 is 1.96 bits per heavy atom. The first-order valence-electron chi connectivity index (χ1n) is 8.84. The normalized spacial score (nSPS) is 33.9. The predicted octanol–water partition coefficient (Wildman–Crippen LogP) is 1.77. The molecule has 6 heteroatoms. The molecule has 0 aromatic heterocycles. The van der Waals surface area contributed by atoms with Gasteiger partial charge in [-0.1, -0.05) is 30.3 Å². The topological polar surface area (TPSA) is 66.7 Å². The lowest BCUT2D eigenvalue weighted by atomic mass is 9.82. The highest BCUT2D eigenvalue weighted by atomic mass is 16.6. The number of hydrogen-bond acceptors (Lipinski definition) is 4. The molecule has 0 spiro atoms. The van der Waals surface area contributed by atoms with E-state index in [2.05, 4.69) is 4.90 Å². The van der Waals surface area contributed by atoms with Gasteiger partial charge in [-0.15, -0.1) is 0 Å². The number of carbonyl (C=O) groups is 1. The van der Waals surface area contributed by atoms with E-state index >= 15 is 0 Å². The van der Waals surface area contributed by atoms with Gasteiger partial charge < -0.3 is 9.80 Å². The van der Waals surface area contributed by atoms with Crippen LogP contribution in [-0.4, -0.2) is 52.3 Å². The first kappa shape index (κ1) is 15.6. The molecule has 128 valence electrons. The third-order valence-corrected chi connectivity index (χ3v) is 5.85. The summed E-state index contributed by atoms with van der Waals surface area (Å²) in [7, 11) is 0. The highest BCUT2D eigenvalue weighted by Gasteiger charge is 2.56. The van der Waals surface area contributed by atoms with Crippen molar-refractivity contribution in [2.24, 2.45) is 11.8 Å². The zero-order chi connectivity index (χ0) is 16.7. The Morgan fingerprint density at radius 3 is 2.50 bits per heavy atom. The summed E-state index contributed by atoms with van der Waals surface area (Å²) in [5.41, 5.74) is 1.10. The van der Waals surface area contributed by atoms with Crippen molar-refractivity contribution in [3.8, 4) is 0 Å². The molecule has 1 saturated carbocycles. The molecule has 3 atom stereocenters. The molecular formula is C18H23N3O3. The number of nitrogens with zero attached hydrogens (tertiary/aromatic N) is 3. The molecule has 3 saturated heterocycles. The molecule has 4 aliphatic rings. The lowest BCUT2D eigenvalue weighted by Gasteiger charge is -2.49. The summed E-state index contributed by atoms with van der Waals surface area (Å²) in [6.45, 7) is 3.72. The lowest BCUT2D eigenvalue weighted by molar-refractivity contribution is -0.497. The fraction of sp³-hybridized carbons (Fsp3) is 0.611. The molecule has 3 heterocycles. The number of nitro groups is 1. The fourth-order valence-corrected chi connectivity index (χ4v) is 4.32. The van der Waals surface area contributed by atoms with Crippen LogP contribution in [0.15, 0.2) is 30.3 Å². The number of piperidine rings is 3. The van der Waals surface area contributed by atoms with Crippen LogP contribution < -0.4 is 0 Å². The van der Waals surface area contributed by atoms with Gasteiger partial charge >= 0.3 is 0 Å². The van der Waals surface area contributed by atoms with Gasteiger partial charge in [-0.3, -0.25) is 14.9 Å². The maximum atomic E-state index is 13.0. The molecule has 0 N–H and O–H groups in total. The summed E-state index contributed by atoms with van der Waals surface area (Å²) >= 11 is 0. The second kappa shape index (κ2) is 6.16. The smallest absolute Gasteiger partial charge is 0.233 e. The van der Waals surface area contributed by atoms with E-state index in [1.54, 1.807) is 0 Å². The third kappa shape index (κ3) is 2.90. The van der Waals surface area contributed by atoms with E-state index < -0.39 is 12.0 Å². The van der Waals surface area contributed by atoms with Crippen LogP contribution in [-0.2, 0) is 11.3 Å². The average Bonchev–Trinajstić information content (AvgIpc) is 3.42. The van der Waals surface area contributed by atoms with Gasteiger partial charge in [-0.05, 0) is 37.4 Å². The van der Waals surface area contributed by atoms with Gasteiger partial charge in [-0.25, -0.2) is 0 Å². The van der Waals surface area contributed by atoms with E-state index in [4.69, 9.17) is 0 Å². The van der Waals surface area contributed by atoms with E-state index in [9.17, 15) is 14.9 Å². The van der Waals surface area contributed by atoms with Crippen molar-refractivity contribution in [3.63, 3.8) is 0 Å². The van der Waals surface area contributed by atoms with Gasteiger partial charge in [0.2, 0.25) is 11.9 Å². The lowest BCUT2D eigenvalue weighted by Crippen LogP contribution is -2.58. The molecule has 1 aliphatic carbocycles. The molecule has 0 radical (unpaired) electrons. The van der Waals surface area contributed by atoms with Crippen molar-refractivity contribution in [2.45, 2.75) is 37.9 Å².